The Labute approximate surface area is 153 Å². The van der Waals surface area contributed by atoms with E-state index >= 15 is 0 Å². The number of carboxylic acid groups (broad SMARTS) is 1. The summed E-state index contributed by atoms with van der Waals surface area (Å²) in [6.45, 7) is 1.30. The van der Waals surface area contributed by atoms with Crippen LogP contribution in [0.2, 0.25) is 0 Å². The van der Waals surface area contributed by atoms with Crippen LogP contribution in [0.1, 0.15) is 50.1 Å². The van der Waals surface area contributed by atoms with E-state index in [1.165, 1.54) is 6.34 Å². The Morgan fingerprint density at radius 3 is 2.73 bits per heavy atom. The van der Waals surface area contributed by atoms with Gasteiger partial charge < -0.3 is 21.2 Å². The van der Waals surface area contributed by atoms with Crippen molar-refractivity contribution in [3.05, 3.63) is 30.1 Å². The van der Waals surface area contributed by atoms with Gasteiger partial charge in [-0.2, -0.15) is 0 Å². The number of carbonyl (C=O) groups is 2. The first-order valence-corrected chi connectivity index (χ1v) is 8.74. The maximum atomic E-state index is 12.0. The van der Waals surface area contributed by atoms with E-state index in [2.05, 4.69) is 26.0 Å². The molecular formula is C17H28N6O3. The zero-order valence-electron chi connectivity index (χ0n) is 14.9. The average molecular weight is 364 g/mol. The van der Waals surface area contributed by atoms with Crippen molar-refractivity contribution in [1.29, 1.82) is 0 Å². The van der Waals surface area contributed by atoms with Gasteiger partial charge in [0.25, 0.3) is 0 Å². The SMILES string of the molecule is NNC=NCCCCCCCNC(=O)NC(CC(=O)O)c1cccnc1. The first-order chi connectivity index (χ1) is 12.6. The van der Waals surface area contributed by atoms with Gasteiger partial charge in [0.05, 0.1) is 18.8 Å². The molecule has 0 fully saturated rings. The van der Waals surface area contributed by atoms with Gasteiger partial charge >= 0.3 is 12.0 Å². The van der Waals surface area contributed by atoms with Crippen LogP contribution in [0.3, 0.4) is 0 Å². The molecule has 9 heteroatoms. The molecule has 1 rings (SSSR count). The van der Waals surface area contributed by atoms with Crippen molar-refractivity contribution in [2.75, 3.05) is 13.1 Å². The first-order valence-electron chi connectivity index (χ1n) is 8.74. The predicted octanol–water partition coefficient (Wildman–Crippen LogP) is 1.34. The number of hydrogen-bond donors (Lipinski definition) is 5. The Morgan fingerprint density at radius 1 is 1.27 bits per heavy atom. The number of carboxylic acids is 1. The zero-order chi connectivity index (χ0) is 19.0. The van der Waals surface area contributed by atoms with E-state index in [1.54, 1.807) is 24.5 Å². The van der Waals surface area contributed by atoms with Crippen molar-refractivity contribution >= 4 is 18.3 Å². The van der Waals surface area contributed by atoms with Gasteiger partial charge in [-0.15, -0.1) is 0 Å². The largest absolute Gasteiger partial charge is 0.481 e. The van der Waals surface area contributed by atoms with Gasteiger partial charge in [0.2, 0.25) is 0 Å². The highest BCUT2D eigenvalue weighted by atomic mass is 16.4. The van der Waals surface area contributed by atoms with Gasteiger partial charge in [0, 0.05) is 25.5 Å². The van der Waals surface area contributed by atoms with Crippen molar-refractivity contribution in [2.24, 2.45) is 10.8 Å². The summed E-state index contributed by atoms with van der Waals surface area (Å²) in [5, 5.41) is 14.5. The number of aliphatic imine (C=N–C) groups is 1. The summed E-state index contributed by atoms with van der Waals surface area (Å²) in [5.41, 5.74) is 3.02. The molecule has 26 heavy (non-hydrogen) atoms. The molecule has 0 saturated carbocycles. The van der Waals surface area contributed by atoms with Crippen LogP contribution < -0.4 is 21.9 Å². The summed E-state index contributed by atoms with van der Waals surface area (Å²) in [5.74, 6) is 4.08. The third-order valence-corrected chi connectivity index (χ3v) is 3.69. The molecule has 0 aliphatic heterocycles. The Hall–Kier alpha value is -2.68. The molecule has 2 amide bonds. The summed E-state index contributed by atoms with van der Waals surface area (Å²) in [6, 6.07) is 2.48. The number of amides is 2. The van der Waals surface area contributed by atoms with Crippen molar-refractivity contribution in [2.45, 2.75) is 44.6 Å². The highest BCUT2D eigenvalue weighted by Gasteiger charge is 2.17. The maximum absolute atomic E-state index is 12.0. The van der Waals surface area contributed by atoms with Crippen molar-refractivity contribution in [3.63, 3.8) is 0 Å². The Balaban J connectivity index is 2.19. The van der Waals surface area contributed by atoms with E-state index in [4.69, 9.17) is 10.9 Å². The van der Waals surface area contributed by atoms with Crippen LogP contribution in [0.4, 0.5) is 4.79 Å². The van der Waals surface area contributed by atoms with Gasteiger partial charge in [-0.1, -0.05) is 25.3 Å². The molecule has 1 heterocycles. The molecule has 1 aromatic heterocycles. The van der Waals surface area contributed by atoms with E-state index in [9.17, 15) is 9.59 Å². The average Bonchev–Trinajstić information content (AvgIpc) is 2.63. The quantitative estimate of drug-likeness (QED) is 0.118. The molecule has 0 aliphatic carbocycles. The summed E-state index contributed by atoms with van der Waals surface area (Å²) in [4.78, 5) is 31.0. The molecule has 1 unspecified atom stereocenters. The Bertz CT molecular complexity index is 553. The molecule has 144 valence electrons. The van der Waals surface area contributed by atoms with E-state index in [-0.39, 0.29) is 12.5 Å². The molecule has 1 aromatic rings. The van der Waals surface area contributed by atoms with Crippen LogP contribution in [0, 0.1) is 0 Å². The number of nitrogens with zero attached hydrogens (tertiary/aromatic N) is 2. The fourth-order valence-corrected chi connectivity index (χ4v) is 2.40. The number of pyridine rings is 1. The van der Waals surface area contributed by atoms with E-state index in [1.807, 2.05) is 0 Å². The number of aromatic nitrogens is 1. The molecular weight excluding hydrogens is 336 g/mol. The minimum Gasteiger partial charge on any atom is -0.481 e. The molecule has 0 bridgehead atoms. The smallest absolute Gasteiger partial charge is 0.315 e. The van der Waals surface area contributed by atoms with Gasteiger partial charge in [-0.05, 0) is 24.5 Å². The Morgan fingerprint density at radius 2 is 2.04 bits per heavy atom. The molecule has 0 saturated heterocycles. The molecule has 0 aliphatic rings. The summed E-state index contributed by atoms with van der Waals surface area (Å²) in [7, 11) is 0. The summed E-state index contributed by atoms with van der Waals surface area (Å²) >= 11 is 0. The first kappa shape index (κ1) is 21.4. The molecule has 6 N–H and O–H groups in total. The Kier molecular flexibility index (Phi) is 11.2. The molecule has 0 radical (unpaired) electrons. The monoisotopic (exact) mass is 364 g/mol. The minimum atomic E-state index is -0.981. The number of carbonyl (C=O) groups excluding carboxylic acids is 1. The van der Waals surface area contributed by atoms with E-state index in [0.29, 0.717) is 12.1 Å². The number of unbranched alkanes of at least 4 members (excludes halogenated alkanes) is 4. The van der Waals surface area contributed by atoms with Crippen molar-refractivity contribution in [1.82, 2.24) is 21.0 Å². The number of rotatable bonds is 13. The number of hydrogen-bond acceptors (Lipinski definition) is 5. The van der Waals surface area contributed by atoms with Crippen LogP contribution in [0.25, 0.3) is 0 Å². The van der Waals surface area contributed by atoms with E-state index in [0.717, 1.165) is 38.6 Å². The molecule has 0 aromatic carbocycles. The molecule has 1 atom stereocenters. The number of aliphatic carboxylic acids is 1. The van der Waals surface area contributed by atoms with Gasteiger partial charge in [-0.3, -0.25) is 14.8 Å². The van der Waals surface area contributed by atoms with Crippen LogP contribution in [0.15, 0.2) is 29.5 Å². The topological polar surface area (TPSA) is 142 Å². The standard InChI is InChI=1S/C17H28N6O3/c18-22-13-20-8-4-2-1-3-5-10-21-17(26)23-15(11-16(24)25)14-7-6-9-19-12-14/h6-7,9,12-13,15H,1-5,8,10-11,18H2,(H,20,22)(H,24,25)(H2,21,23,26). The number of hydrazine groups is 1. The third-order valence-electron chi connectivity index (χ3n) is 3.69. The lowest BCUT2D eigenvalue weighted by Crippen LogP contribution is -2.39. The van der Waals surface area contributed by atoms with Crippen molar-refractivity contribution in [3.8, 4) is 0 Å². The molecule has 9 nitrogen and oxygen atoms in total. The highest BCUT2D eigenvalue weighted by molar-refractivity contribution is 5.76. The summed E-state index contributed by atoms with van der Waals surface area (Å²) in [6.07, 6.45) is 9.49. The van der Waals surface area contributed by atoms with Crippen LogP contribution in [-0.4, -0.2) is 41.5 Å². The van der Waals surface area contributed by atoms with Gasteiger partial charge in [0.1, 0.15) is 0 Å². The van der Waals surface area contributed by atoms with Gasteiger partial charge in [-0.25, -0.2) is 10.6 Å². The molecule has 0 spiro atoms. The second-order valence-electron chi connectivity index (χ2n) is 5.81. The lowest BCUT2D eigenvalue weighted by molar-refractivity contribution is -0.137. The number of urea groups is 1. The third kappa shape index (κ3) is 10.2. The predicted molar refractivity (Wildman–Crippen MR) is 99.5 cm³/mol. The van der Waals surface area contributed by atoms with E-state index < -0.39 is 12.0 Å². The van der Waals surface area contributed by atoms with Crippen molar-refractivity contribution < 1.29 is 14.7 Å². The zero-order valence-corrected chi connectivity index (χ0v) is 14.9. The van der Waals surface area contributed by atoms with Gasteiger partial charge in [0.15, 0.2) is 0 Å². The second kappa shape index (κ2) is 13.6. The number of nitrogens with one attached hydrogen (secondary N) is 3. The normalized spacial score (nSPS) is 11.9. The maximum Gasteiger partial charge on any atom is 0.315 e. The number of nitrogens with two attached hydrogens (primary N) is 1. The fraction of sp³-hybridized carbons (Fsp3) is 0.529. The minimum absolute atomic E-state index is 0.193. The van der Waals surface area contributed by atoms with Crippen LogP contribution in [0.5, 0.6) is 0 Å². The lowest BCUT2D eigenvalue weighted by Gasteiger charge is -2.17. The fourth-order valence-electron chi connectivity index (χ4n) is 2.40. The lowest BCUT2D eigenvalue weighted by atomic mass is 10.1. The van der Waals surface area contributed by atoms with Crippen LogP contribution in [-0.2, 0) is 4.79 Å². The van der Waals surface area contributed by atoms with Crippen LogP contribution >= 0.6 is 0 Å². The summed E-state index contributed by atoms with van der Waals surface area (Å²) < 4.78 is 0. The highest BCUT2D eigenvalue weighted by Crippen LogP contribution is 2.15. The second-order valence-corrected chi connectivity index (χ2v) is 5.81.